The van der Waals surface area contributed by atoms with E-state index >= 15 is 0 Å². The molecule has 0 radical (unpaired) electrons. The second-order valence-corrected chi connectivity index (χ2v) is 6.48. The number of hydrogen-bond acceptors (Lipinski definition) is 6. The fourth-order valence-corrected chi connectivity index (χ4v) is 3.56. The first-order valence-electron chi connectivity index (χ1n) is 8.31. The van der Waals surface area contributed by atoms with Gasteiger partial charge in [0.1, 0.15) is 5.82 Å². The Balaban J connectivity index is 1.57. The fraction of sp³-hybridized carbons (Fsp3) is 0.625. The molecule has 2 aromatic heterocycles. The van der Waals surface area contributed by atoms with Gasteiger partial charge in [-0.2, -0.15) is 4.52 Å². The molecule has 3 heterocycles. The summed E-state index contributed by atoms with van der Waals surface area (Å²) in [6.45, 7) is 1.32. The van der Waals surface area contributed by atoms with Crippen molar-refractivity contribution in [2.75, 3.05) is 25.1 Å². The molecule has 7 nitrogen and oxygen atoms in total. The van der Waals surface area contributed by atoms with E-state index < -0.39 is 0 Å². The number of esters is 1. The minimum atomic E-state index is -0.144. The van der Waals surface area contributed by atoms with Gasteiger partial charge in [0.25, 0.3) is 0 Å². The second kappa shape index (κ2) is 5.79. The van der Waals surface area contributed by atoms with E-state index in [-0.39, 0.29) is 11.9 Å². The monoisotopic (exact) mass is 315 g/mol. The molecule has 0 amide bonds. The molecule has 0 bridgehead atoms. The van der Waals surface area contributed by atoms with Crippen molar-refractivity contribution in [3.05, 3.63) is 18.0 Å². The van der Waals surface area contributed by atoms with E-state index in [9.17, 15) is 4.79 Å². The van der Waals surface area contributed by atoms with Crippen LogP contribution >= 0.6 is 0 Å². The fourth-order valence-electron chi connectivity index (χ4n) is 3.56. The maximum absolute atomic E-state index is 11.5. The lowest BCUT2D eigenvalue weighted by Gasteiger charge is -2.38. The zero-order chi connectivity index (χ0) is 15.8. The topological polar surface area (TPSA) is 72.6 Å². The lowest BCUT2D eigenvalue weighted by Crippen LogP contribution is -2.51. The number of fused-ring (bicyclic) bond motifs is 1. The van der Waals surface area contributed by atoms with E-state index in [0.29, 0.717) is 19.0 Å². The molecule has 0 spiro atoms. The third-order valence-electron chi connectivity index (χ3n) is 4.98. The van der Waals surface area contributed by atoms with Crippen molar-refractivity contribution in [3.63, 3.8) is 0 Å². The molecule has 7 heteroatoms. The maximum Gasteiger partial charge on any atom is 0.312 e. The summed E-state index contributed by atoms with van der Waals surface area (Å²) in [4.78, 5) is 13.6. The summed E-state index contributed by atoms with van der Waals surface area (Å²) in [6, 6.07) is 3.90. The van der Waals surface area contributed by atoms with Gasteiger partial charge in [0.2, 0.25) is 0 Å². The van der Waals surface area contributed by atoms with Gasteiger partial charge in [-0.3, -0.25) is 4.79 Å². The van der Waals surface area contributed by atoms with Crippen LogP contribution in [-0.2, 0) is 9.53 Å². The molecular weight excluding hydrogens is 294 g/mol. The number of rotatable bonds is 3. The summed E-state index contributed by atoms with van der Waals surface area (Å²) in [5, 5.41) is 13.3. The number of methoxy groups -OCH3 is 1. The lowest BCUT2D eigenvalue weighted by molar-refractivity contribution is -0.146. The zero-order valence-corrected chi connectivity index (χ0v) is 13.3. The van der Waals surface area contributed by atoms with Crippen LogP contribution in [-0.4, -0.2) is 46.0 Å². The van der Waals surface area contributed by atoms with Crippen molar-refractivity contribution >= 4 is 17.4 Å². The minimum Gasteiger partial charge on any atom is -0.469 e. The van der Waals surface area contributed by atoms with Crippen LogP contribution in [0.4, 0.5) is 5.82 Å². The normalized spacial score (nSPS) is 19.8. The van der Waals surface area contributed by atoms with E-state index in [4.69, 9.17) is 9.84 Å². The molecule has 2 aromatic rings. The first-order valence-corrected chi connectivity index (χ1v) is 8.31. The Hall–Kier alpha value is -2.18. The lowest BCUT2D eigenvalue weighted by atomic mass is 9.89. The maximum atomic E-state index is 11.5. The van der Waals surface area contributed by atoms with Crippen molar-refractivity contribution in [2.45, 2.75) is 38.0 Å². The Morgan fingerprint density at radius 2 is 1.96 bits per heavy atom. The smallest absolute Gasteiger partial charge is 0.312 e. The molecule has 0 atom stereocenters. The number of anilines is 1. The summed E-state index contributed by atoms with van der Waals surface area (Å²) < 4.78 is 6.67. The van der Waals surface area contributed by atoms with Crippen LogP contribution in [0.3, 0.4) is 0 Å². The quantitative estimate of drug-likeness (QED) is 0.804. The van der Waals surface area contributed by atoms with Crippen LogP contribution in [0.5, 0.6) is 0 Å². The van der Waals surface area contributed by atoms with Crippen LogP contribution in [0.1, 0.15) is 43.8 Å². The van der Waals surface area contributed by atoms with Crippen LogP contribution in [0.2, 0.25) is 0 Å². The number of nitrogens with zero attached hydrogens (tertiary/aromatic N) is 5. The van der Waals surface area contributed by atoms with Crippen molar-refractivity contribution < 1.29 is 9.53 Å². The highest BCUT2D eigenvalue weighted by Gasteiger charge is 2.34. The number of carbonyl (C=O) groups excluding carboxylic acids is 1. The summed E-state index contributed by atoms with van der Waals surface area (Å²) in [5.74, 6) is 2.12. The highest BCUT2D eigenvalue weighted by molar-refractivity contribution is 5.76. The molecule has 2 fully saturated rings. The van der Waals surface area contributed by atoms with Crippen molar-refractivity contribution in [1.29, 1.82) is 0 Å². The van der Waals surface area contributed by atoms with E-state index in [0.717, 1.165) is 17.3 Å². The first-order chi connectivity index (χ1) is 11.3. The molecule has 23 heavy (non-hydrogen) atoms. The molecule has 0 aromatic carbocycles. The summed E-state index contributed by atoms with van der Waals surface area (Å²) in [5.41, 5.74) is 0.791. The van der Waals surface area contributed by atoms with E-state index in [1.807, 2.05) is 16.6 Å². The predicted octanol–water partition coefficient (Wildman–Crippen LogP) is 1.78. The molecule has 2 aliphatic rings. The highest BCUT2D eigenvalue weighted by Crippen LogP contribution is 2.32. The van der Waals surface area contributed by atoms with E-state index in [2.05, 4.69) is 15.1 Å². The molecule has 4 rings (SSSR count). The Morgan fingerprint density at radius 1 is 1.17 bits per heavy atom. The van der Waals surface area contributed by atoms with Crippen molar-refractivity contribution in [2.24, 2.45) is 5.92 Å². The van der Waals surface area contributed by atoms with Crippen molar-refractivity contribution in [1.82, 2.24) is 19.8 Å². The van der Waals surface area contributed by atoms with Crippen LogP contribution in [0.25, 0.3) is 5.65 Å². The standard InChI is InChI=1S/C16H21N5O2/c1-23-16(22)12-9-20(10-12)14-8-7-13-17-18-15(21(13)19-14)11-5-3-2-4-6-11/h7-8,11-12H,2-6,9-10H2,1H3. The van der Waals surface area contributed by atoms with Gasteiger partial charge in [0.05, 0.1) is 13.0 Å². The SMILES string of the molecule is COC(=O)C1CN(c2ccc3nnc(C4CCCCC4)n3n2)C1. The minimum absolute atomic E-state index is 0.0452. The van der Waals surface area contributed by atoms with Gasteiger partial charge >= 0.3 is 5.97 Å². The second-order valence-electron chi connectivity index (χ2n) is 6.48. The average molecular weight is 315 g/mol. The highest BCUT2D eigenvalue weighted by atomic mass is 16.5. The van der Waals surface area contributed by atoms with Gasteiger partial charge in [-0.1, -0.05) is 19.3 Å². The van der Waals surface area contributed by atoms with E-state index in [1.54, 1.807) is 0 Å². The Kier molecular flexibility index (Phi) is 3.63. The number of carbonyl (C=O) groups is 1. The molecule has 1 saturated heterocycles. The van der Waals surface area contributed by atoms with Gasteiger partial charge in [-0.05, 0) is 25.0 Å². The third kappa shape index (κ3) is 2.54. The van der Waals surface area contributed by atoms with Crippen LogP contribution in [0, 0.1) is 5.92 Å². The zero-order valence-electron chi connectivity index (χ0n) is 13.3. The summed E-state index contributed by atoms with van der Waals surface area (Å²) >= 11 is 0. The largest absolute Gasteiger partial charge is 0.469 e. The van der Waals surface area contributed by atoms with E-state index in [1.165, 1.54) is 39.2 Å². The summed E-state index contributed by atoms with van der Waals surface area (Å²) in [6.07, 6.45) is 6.16. The number of aromatic nitrogens is 4. The van der Waals surface area contributed by atoms with Crippen LogP contribution in [0.15, 0.2) is 12.1 Å². The molecule has 1 aliphatic carbocycles. The van der Waals surface area contributed by atoms with Crippen molar-refractivity contribution in [3.8, 4) is 0 Å². The molecule has 0 unspecified atom stereocenters. The van der Waals surface area contributed by atoms with Crippen LogP contribution < -0.4 is 4.90 Å². The van der Waals surface area contributed by atoms with Gasteiger partial charge < -0.3 is 9.64 Å². The predicted molar refractivity (Wildman–Crippen MR) is 84.3 cm³/mol. The average Bonchev–Trinajstić information content (AvgIpc) is 2.97. The molecule has 1 aliphatic heterocycles. The molecule has 122 valence electrons. The first kappa shape index (κ1) is 14.4. The summed E-state index contributed by atoms with van der Waals surface area (Å²) in [7, 11) is 1.43. The number of ether oxygens (including phenoxy) is 1. The molecule has 1 saturated carbocycles. The Labute approximate surface area is 134 Å². The Morgan fingerprint density at radius 3 is 2.70 bits per heavy atom. The van der Waals surface area contributed by atoms with Gasteiger partial charge in [-0.25, -0.2) is 0 Å². The molecular formula is C16H21N5O2. The third-order valence-corrected chi connectivity index (χ3v) is 4.98. The van der Waals surface area contributed by atoms with Gasteiger partial charge in [0, 0.05) is 19.0 Å². The molecule has 0 N–H and O–H groups in total. The number of hydrogen-bond donors (Lipinski definition) is 0. The van der Waals surface area contributed by atoms with Gasteiger partial charge in [-0.15, -0.1) is 15.3 Å². The van der Waals surface area contributed by atoms with Gasteiger partial charge in [0.15, 0.2) is 11.5 Å². The Bertz CT molecular complexity index is 716.